The number of aryl methyl sites for hydroxylation is 1. The van der Waals surface area contributed by atoms with E-state index in [0.717, 1.165) is 11.1 Å². The summed E-state index contributed by atoms with van der Waals surface area (Å²) in [4.78, 5) is 26.9. The predicted octanol–water partition coefficient (Wildman–Crippen LogP) is 3.18. The van der Waals surface area contributed by atoms with Gasteiger partial charge in [-0.15, -0.1) is 0 Å². The molecular weight excluding hydrogens is 344 g/mol. The van der Waals surface area contributed by atoms with Gasteiger partial charge in [-0.25, -0.2) is 0 Å². The van der Waals surface area contributed by atoms with E-state index < -0.39 is 10.5 Å². The van der Waals surface area contributed by atoms with Crippen LogP contribution in [0.4, 0.5) is 5.82 Å². The Labute approximate surface area is 156 Å². The van der Waals surface area contributed by atoms with Gasteiger partial charge in [0.2, 0.25) is 11.7 Å². The molecule has 1 N–H and O–H groups in total. The second kappa shape index (κ2) is 7.41. The standard InChI is InChI=1S/C20H20N4O3/c1-15-21-18(24(26)27)13-23(15)14-19(25)22-20(2,16-9-5-3-6-10-16)17-11-7-4-8-12-17/h3-13H,14H2,1-2H3,(H,22,25). The Hall–Kier alpha value is -3.48. The van der Waals surface area contributed by atoms with Crippen LogP contribution in [-0.4, -0.2) is 20.4 Å². The number of hydrogen-bond acceptors (Lipinski definition) is 4. The maximum absolute atomic E-state index is 12.8. The molecule has 1 amide bonds. The summed E-state index contributed by atoms with van der Waals surface area (Å²) in [5.41, 5.74) is 1.15. The van der Waals surface area contributed by atoms with Crippen molar-refractivity contribution in [3.63, 3.8) is 0 Å². The van der Waals surface area contributed by atoms with Gasteiger partial charge < -0.3 is 15.4 Å². The normalized spacial score (nSPS) is 11.2. The van der Waals surface area contributed by atoms with Crippen molar-refractivity contribution in [3.05, 3.63) is 93.9 Å². The van der Waals surface area contributed by atoms with Crippen molar-refractivity contribution in [1.29, 1.82) is 0 Å². The summed E-state index contributed by atoms with van der Waals surface area (Å²) >= 11 is 0. The van der Waals surface area contributed by atoms with Crippen LogP contribution in [0.5, 0.6) is 0 Å². The van der Waals surface area contributed by atoms with E-state index in [0.29, 0.717) is 5.82 Å². The molecule has 0 saturated heterocycles. The van der Waals surface area contributed by atoms with Crippen LogP contribution in [0.25, 0.3) is 0 Å². The third-order valence-corrected chi connectivity index (χ3v) is 4.56. The van der Waals surface area contributed by atoms with Crippen molar-refractivity contribution in [1.82, 2.24) is 14.9 Å². The number of imidazole rings is 1. The molecule has 3 aromatic rings. The van der Waals surface area contributed by atoms with Gasteiger partial charge >= 0.3 is 5.82 Å². The van der Waals surface area contributed by atoms with Crippen LogP contribution in [0.2, 0.25) is 0 Å². The van der Waals surface area contributed by atoms with E-state index in [1.54, 1.807) is 6.92 Å². The van der Waals surface area contributed by atoms with Gasteiger partial charge in [-0.2, -0.15) is 0 Å². The summed E-state index contributed by atoms with van der Waals surface area (Å²) in [6, 6.07) is 19.4. The van der Waals surface area contributed by atoms with E-state index in [9.17, 15) is 14.9 Å². The van der Waals surface area contributed by atoms with Gasteiger partial charge in [0, 0.05) is 6.92 Å². The molecule has 2 aromatic carbocycles. The number of aromatic nitrogens is 2. The summed E-state index contributed by atoms with van der Waals surface area (Å²) in [6.07, 6.45) is 1.28. The fourth-order valence-electron chi connectivity index (χ4n) is 3.07. The number of carbonyl (C=O) groups excluding carboxylic acids is 1. The third kappa shape index (κ3) is 3.87. The number of amides is 1. The van der Waals surface area contributed by atoms with Crippen LogP contribution in [0.15, 0.2) is 66.9 Å². The van der Waals surface area contributed by atoms with Crippen LogP contribution in [0.1, 0.15) is 23.9 Å². The van der Waals surface area contributed by atoms with Crippen LogP contribution in [0.3, 0.4) is 0 Å². The van der Waals surface area contributed by atoms with Gasteiger partial charge in [-0.05, 0) is 28.0 Å². The Kier molecular flexibility index (Phi) is 5.03. The Morgan fingerprint density at radius 1 is 1.11 bits per heavy atom. The lowest BCUT2D eigenvalue weighted by molar-refractivity contribution is -0.389. The summed E-state index contributed by atoms with van der Waals surface area (Å²) in [7, 11) is 0. The predicted molar refractivity (Wildman–Crippen MR) is 101 cm³/mol. The van der Waals surface area contributed by atoms with E-state index >= 15 is 0 Å². The molecule has 3 rings (SSSR count). The highest BCUT2D eigenvalue weighted by molar-refractivity contribution is 5.77. The number of rotatable bonds is 6. The van der Waals surface area contributed by atoms with Gasteiger partial charge in [-0.3, -0.25) is 9.36 Å². The number of carbonyl (C=O) groups is 1. The SMILES string of the molecule is Cc1nc([N+](=O)[O-])cn1CC(=O)NC(C)(c1ccccc1)c1ccccc1. The molecule has 1 heterocycles. The molecule has 0 spiro atoms. The monoisotopic (exact) mass is 364 g/mol. The smallest absolute Gasteiger partial charge is 0.358 e. The number of nitrogens with zero attached hydrogens (tertiary/aromatic N) is 3. The first-order valence-corrected chi connectivity index (χ1v) is 8.50. The average Bonchev–Trinajstić information content (AvgIpc) is 3.04. The van der Waals surface area contributed by atoms with Crippen LogP contribution in [0, 0.1) is 17.0 Å². The zero-order valence-electron chi connectivity index (χ0n) is 15.1. The molecule has 0 atom stereocenters. The molecule has 7 nitrogen and oxygen atoms in total. The number of nitrogens with one attached hydrogen (secondary N) is 1. The molecule has 0 saturated carbocycles. The quantitative estimate of drug-likeness (QED) is 0.537. The van der Waals surface area contributed by atoms with E-state index in [4.69, 9.17) is 0 Å². The summed E-state index contributed by atoms with van der Waals surface area (Å²) in [5.74, 6) is -0.118. The van der Waals surface area contributed by atoms with Crippen molar-refractivity contribution >= 4 is 11.7 Å². The van der Waals surface area contributed by atoms with Crippen molar-refractivity contribution < 1.29 is 9.72 Å². The topological polar surface area (TPSA) is 90.1 Å². The molecule has 0 aliphatic heterocycles. The largest absolute Gasteiger partial charge is 0.381 e. The lowest BCUT2D eigenvalue weighted by Gasteiger charge is -2.32. The van der Waals surface area contributed by atoms with E-state index in [-0.39, 0.29) is 18.3 Å². The van der Waals surface area contributed by atoms with Gasteiger partial charge in [0.15, 0.2) is 0 Å². The molecule has 0 aliphatic rings. The second-order valence-corrected chi connectivity index (χ2v) is 6.44. The fourth-order valence-corrected chi connectivity index (χ4v) is 3.07. The molecular formula is C20H20N4O3. The summed E-state index contributed by atoms with van der Waals surface area (Å²) in [6.45, 7) is 3.52. The number of hydrogen-bond donors (Lipinski definition) is 1. The van der Waals surface area contributed by atoms with Crippen LogP contribution in [-0.2, 0) is 16.9 Å². The minimum Gasteiger partial charge on any atom is -0.358 e. The molecule has 0 fully saturated rings. The third-order valence-electron chi connectivity index (χ3n) is 4.56. The van der Waals surface area contributed by atoms with Crippen molar-refractivity contribution in [2.75, 3.05) is 0 Å². The number of nitro groups is 1. The maximum atomic E-state index is 12.8. The zero-order valence-corrected chi connectivity index (χ0v) is 15.1. The molecule has 27 heavy (non-hydrogen) atoms. The first kappa shape index (κ1) is 18.3. The van der Waals surface area contributed by atoms with Crippen molar-refractivity contribution in [3.8, 4) is 0 Å². The highest BCUT2D eigenvalue weighted by Gasteiger charge is 2.31. The zero-order chi connectivity index (χ0) is 19.4. The Balaban J connectivity index is 1.89. The van der Waals surface area contributed by atoms with Gasteiger partial charge in [-0.1, -0.05) is 60.7 Å². The van der Waals surface area contributed by atoms with E-state index in [2.05, 4.69) is 10.3 Å². The number of benzene rings is 2. The molecule has 0 bridgehead atoms. The van der Waals surface area contributed by atoms with E-state index in [1.165, 1.54) is 10.8 Å². The van der Waals surface area contributed by atoms with Crippen molar-refractivity contribution in [2.24, 2.45) is 0 Å². The summed E-state index contributed by atoms with van der Waals surface area (Å²) < 4.78 is 1.48. The second-order valence-electron chi connectivity index (χ2n) is 6.44. The highest BCUT2D eigenvalue weighted by Crippen LogP contribution is 2.29. The van der Waals surface area contributed by atoms with Gasteiger partial charge in [0.05, 0.1) is 5.54 Å². The van der Waals surface area contributed by atoms with Gasteiger partial charge in [0.25, 0.3) is 0 Å². The Morgan fingerprint density at radius 3 is 2.07 bits per heavy atom. The molecule has 0 aliphatic carbocycles. The molecule has 1 aromatic heterocycles. The lowest BCUT2D eigenvalue weighted by atomic mass is 9.84. The highest BCUT2D eigenvalue weighted by atomic mass is 16.6. The fraction of sp³-hybridized carbons (Fsp3) is 0.200. The average molecular weight is 364 g/mol. The minimum atomic E-state index is -0.736. The molecule has 0 radical (unpaired) electrons. The molecule has 7 heteroatoms. The van der Waals surface area contributed by atoms with Crippen molar-refractivity contribution in [2.45, 2.75) is 25.9 Å². The van der Waals surface area contributed by atoms with Crippen LogP contribution < -0.4 is 5.32 Å². The maximum Gasteiger partial charge on any atom is 0.381 e. The summed E-state index contributed by atoms with van der Waals surface area (Å²) in [5, 5.41) is 14.0. The lowest BCUT2D eigenvalue weighted by Crippen LogP contribution is -2.45. The van der Waals surface area contributed by atoms with Gasteiger partial charge in [0.1, 0.15) is 12.7 Å². The molecule has 138 valence electrons. The Morgan fingerprint density at radius 2 is 1.63 bits per heavy atom. The molecule has 0 unspecified atom stereocenters. The van der Waals surface area contributed by atoms with E-state index in [1.807, 2.05) is 67.6 Å². The first-order valence-electron chi connectivity index (χ1n) is 8.50. The van der Waals surface area contributed by atoms with Crippen LogP contribution >= 0.6 is 0 Å². The minimum absolute atomic E-state index is 0.0536. The first-order chi connectivity index (χ1) is 12.9. The Bertz CT molecular complexity index is 912.